The Balaban J connectivity index is 2.90. The summed E-state index contributed by atoms with van der Waals surface area (Å²) >= 11 is 0. The molecule has 2 heteroatoms. The van der Waals surface area contributed by atoms with Gasteiger partial charge in [-0.1, -0.05) is 12.1 Å². The van der Waals surface area contributed by atoms with Gasteiger partial charge in [0, 0.05) is 5.56 Å². The molecule has 1 aromatic carbocycles. The summed E-state index contributed by atoms with van der Waals surface area (Å²) in [6, 6.07) is 5.41. The maximum absolute atomic E-state index is 13.4. The van der Waals surface area contributed by atoms with Crippen LogP contribution in [0, 0.1) is 12.7 Å². The van der Waals surface area contributed by atoms with E-state index in [1.807, 2.05) is 19.1 Å². The van der Waals surface area contributed by atoms with Gasteiger partial charge in [-0.15, -0.1) is 0 Å². The predicted molar refractivity (Wildman–Crippen MR) is 52.9 cm³/mol. The van der Waals surface area contributed by atoms with Gasteiger partial charge >= 0.3 is 0 Å². The fourth-order valence-corrected chi connectivity index (χ4v) is 1.29. The Morgan fingerprint density at radius 3 is 2.31 bits per heavy atom. The Hall–Kier alpha value is -0.890. The first-order chi connectivity index (χ1) is 5.88. The molecular weight excluding hydrogens is 165 g/mol. The van der Waals surface area contributed by atoms with Crippen LogP contribution < -0.4 is 0 Å². The highest BCUT2D eigenvalue weighted by atomic mass is 19.1. The molecule has 0 heterocycles. The van der Waals surface area contributed by atoms with Crippen molar-refractivity contribution in [1.29, 1.82) is 0 Å². The first kappa shape index (κ1) is 10.2. The molecule has 72 valence electrons. The molecule has 0 radical (unpaired) electrons. The third-order valence-corrected chi connectivity index (χ3v) is 1.85. The lowest BCUT2D eigenvalue weighted by atomic mass is 10.1. The molecular formula is C11H17FN+. The smallest absolute Gasteiger partial charge is 0.132 e. The van der Waals surface area contributed by atoms with E-state index in [0.717, 1.165) is 22.2 Å². The number of nitrogens with zero attached hydrogens (tertiary/aromatic N) is 1. The van der Waals surface area contributed by atoms with Crippen LogP contribution >= 0.6 is 0 Å². The highest BCUT2D eigenvalue weighted by Crippen LogP contribution is 2.13. The van der Waals surface area contributed by atoms with Crippen molar-refractivity contribution in [2.24, 2.45) is 0 Å². The van der Waals surface area contributed by atoms with E-state index in [0.29, 0.717) is 0 Å². The zero-order valence-corrected chi connectivity index (χ0v) is 8.76. The van der Waals surface area contributed by atoms with E-state index in [9.17, 15) is 4.39 Å². The molecule has 1 nitrogen and oxygen atoms in total. The first-order valence-electron chi connectivity index (χ1n) is 4.44. The number of halogens is 1. The third-order valence-electron chi connectivity index (χ3n) is 1.85. The molecule has 0 atom stereocenters. The van der Waals surface area contributed by atoms with Crippen molar-refractivity contribution in [2.75, 3.05) is 21.1 Å². The van der Waals surface area contributed by atoms with Crippen LogP contribution in [0.4, 0.5) is 4.39 Å². The maximum atomic E-state index is 13.4. The maximum Gasteiger partial charge on any atom is 0.132 e. The molecule has 0 fully saturated rings. The average molecular weight is 182 g/mol. The number of benzene rings is 1. The zero-order chi connectivity index (χ0) is 10.1. The van der Waals surface area contributed by atoms with Crippen molar-refractivity contribution in [1.82, 2.24) is 0 Å². The molecule has 0 bridgehead atoms. The number of aryl methyl sites for hydroxylation is 1. The van der Waals surface area contributed by atoms with Crippen molar-refractivity contribution >= 4 is 0 Å². The SMILES string of the molecule is Cc1ccc(C[N+](C)(C)C)c(F)c1. The van der Waals surface area contributed by atoms with Crippen molar-refractivity contribution in [3.05, 3.63) is 35.1 Å². The van der Waals surface area contributed by atoms with E-state index in [1.54, 1.807) is 6.07 Å². The molecule has 0 aliphatic heterocycles. The monoisotopic (exact) mass is 182 g/mol. The summed E-state index contributed by atoms with van der Waals surface area (Å²) in [4.78, 5) is 0. The van der Waals surface area contributed by atoms with Gasteiger partial charge in [-0.2, -0.15) is 0 Å². The topological polar surface area (TPSA) is 0 Å². The average Bonchev–Trinajstić information content (AvgIpc) is 1.93. The van der Waals surface area contributed by atoms with Crippen LogP contribution in [0.5, 0.6) is 0 Å². The Bertz CT molecular complexity index is 299. The Morgan fingerprint density at radius 1 is 1.23 bits per heavy atom. The second-order valence-electron chi connectivity index (χ2n) is 4.54. The molecule has 0 N–H and O–H groups in total. The predicted octanol–water partition coefficient (Wildman–Crippen LogP) is 2.34. The Kier molecular flexibility index (Phi) is 2.71. The minimum Gasteiger partial charge on any atom is -0.327 e. The van der Waals surface area contributed by atoms with Crippen LogP contribution in [0.1, 0.15) is 11.1 Å². The van der Waals surface area contributed by atoms with Crippen LogP contribution in [0.2, 0.25) is 0 Å². The fraction of sp³-hybridized carbons (Fsp3) is 0.455. The summed E-state index contributed by atoms with van der Waals surface area (Å²) < 4.78 is 14.1. The molecule has 0 aliphatic carbocycles. The van der Waals surface area contributed by atoms with Crippen LogP contribution in [0.15, 0.2) is 18.2 Å². The van der Waals surface area contributed by atoms with Crippen LogP contribution in [0.25, 0.3) is 0 Å². The van der Waals surface area contributed by atoms with E-state index in [1.165, 1.54) is 0 Å². The lowest BCUT2D eigenvalue weighted by molar-refractivity contribution is -0.884. The Morgan fingerprint density at radius 2 is 1.85 bits per heavy atom. The van der Waals surface area contributed by atoms with E-state index in [-0.39, 0.29) is 5.82 Å². The van der Waals surface area contributed by atoms with Crippen molar-refractivity contribution in [3.8, 4) is 0 Å². The summed E-state index contributed by atoms with van der Waals surface area (Å²) in [5.41, 5.74) is 1.76. The third kappa shape index (κ3) is 3.15. The van der Waals surface area contributed by atoms with Gasteiger partial charge in [0.05, 0.1) is 21.1 Å². The van der Waals surface area contributed by atoms with Gasteiger partial charge in [0.15, 0.2) is 0 Å². The van der Waals surface area contributed by atoms with E-state index in [4.69, 9.17) is 0 Å². The van der Waals surface area contributed by atoms with Gasteiger partial charge in [-0.25, -0.2) is 4.39 Å². The van der Waals surface area contributed by atoms with E-state index < -0.39 is 0 Å². The van der Waals surface area contributed by atoms with Gasteiger partial charge in [-0.05, 0) is 18.6 Å². The van der Waals surface area contributed by atoms with Gasteiger partial charge in [-0.3, -0.25) is 0 Å². The summed E-state index contributed by atoms with van der Waals surface area (Å²) in [6.45, 7) is 2.63. The number of quaternary nitrogens is 1. The fourth-order valence-electron chi connectivity index (χ4n) is 1.29. The van der Waals surface area contributed by atoms with Crippen LogP contribution in [-0.4, -0.2) is 25.6 Å². The van der Waals surface area contributed by atoms with Crippen molar-refractivity contribution in [2.45, 2.75) is 13.5 Å². The van der Waals surface area contributed by atoms with Gasteiger partial charge in [0.25, 0.3) is 0 Å². The molecule has 0 saturated carbocycles. The molecule has 13 heavy (non-hydrogen) atoms. The molecule has 0 unspecified atom stereocenters. The van der Waals surface area contributed by atoms with Gasteiger partial charge in [0.1, 0.15) is 12.4 Å². The van der Waals surface area contributed by atoms with Crippen molar-refractivity contribution in [3.63, 3.8) is 0 Å². The van der Waals surface area contributed by atoms with Gasteiger partial charge < -0.3 is 4.48 Å². The molecule has 0 amide bonds. The molecule has 1 rings (SSSR count). The molecule has 0 aliphatic rings. The number of hydrogen-bond acceptors (Lipinski definition) is 0. The molecule has 0 aromatic heterocycles. The van der Waals surface area contributed by atoms with E-state index in [2.05, 4.69) is 21.1 Å². The first-order valence-corrected chi connectivity index (χ1v) is 4.44. The molecule has 0 saturated heterocycles. The number of rotatable bonds is 2. The minimum absolute atomic E-state index is 0.0898. The largest absolute Gasteiger partial charge is 0.327 e. The second kappa shape index (κ2) is 3.46. The minimum atomic E-state index is -0.0898. The lowest BCUT2D eigenvalue weighted by Crippen LogP contribution is -2.33. The zero-order valence-electron chi connectivity index (χ0n) is 8.76. The van der Waals surface area contributed by atoms with E-state index >= 15 is 0 Å². The second-order valence-corrected chi connectivity index (χ2v) is 4.54. The summed E-state index contributed by atoms with van der Waals surface area (Å²) in [5, 5.41) is 0. The number of hydrogen-bond donors (Lipinski definition) is 0. The van der Waals surface area contributed by atoms with Crippen LogP contribution in [-0.2, 0) is 6.54 Å². The lowest BCUT2D eigenvalue weighted by Gasteiger charge is -2.24. The highest BCUT2D eigenvalue weighted by molar-refractivity contribution is 5.22. The normalized spacial score (nSPS) is 11.8. The quantitative estimate of drug-likeness (QED) is 0.616. The van der Waals surface area contributed by atoms with Crippen molar-refractivity contribution < 1.29 is 8.87 Å². The summed E-state index contributed by atoms with van der Waals surface area (Å²) in [5.74, 6) is -0.0898. The molecule has 1 aromatic rings. The van der Waals surface area contributed by atoms with Crippen LogP contribution in [0.3, 0.4) is 0 Å². The summed E-state index contributed by atoms with van der Waals surface area (Å²) in [7, 11) is 6.16. The standard InChI is InChI=1S/C11H17FN/c1-9-5-6-10(11(12)7-9)8-13(2,3)4/h5-7H,8H2,1-4H3/q+1. The Labute approximate surface area is 79.4 Å². The van der Waals surface area contributed by atoms with Gasteiger partial charge in [0.2, 0.25) is 0 Å². The molecule has 0 spiro atoms. The highest BCUT2D eigenvalue weighted by Gasteiger charge is 2.11. The summed E-state index contributed by atoms with van der Waals surface area (Å²) in [6.07, 6.45) is 0.